The normalized spacial score (nSPS) is 14.5. The molecular weight excluding hydrogens is 561 g/mol. The van der Waals surface area contributed by atoms with Crippen molar-refractivity contribution in [1.29, 1.82) is 0 Å². The molecule has 0 aliphatic heterocycles. The van der Waals surface area contributed by atoms with E-state index in [4.69, 9.17) is 25.2 Å². The molecule has 7 nitrogen and oxygen atoms in total. The molecule has 2 rings (SSSR count). The maximum absolute atomic E-state index is 12.8. The van der Waals surface area contributed by atoms with Crippen LogP contribution in [0.15, 0.2) is 24.3 Å². The van der Waals surface area contributed by atoms with Gasteiger partial charge in [0.1, 0.15) is 18.0 Å². The van der Waals surface area contributed by atoms with Crippen molar-refractivity contribution in [2.24, 2.45) is 0 Å². The van der Waals surface area contributed by atoms with Crippen LogP contribution in [0.1, 0.15) is 74.9 Å². The van der Waals surface area contributed by atoms with E-state index in [-0.39, 0.29) is 16.2 Å². The average Bonchev–Trinajstić information content (AvgIpc) is 3.13. The number of nitrogens with zero attached hydrogens (tertiary/aromatic N) is 2. The molecule has 0 N–H and O–H groups in total. The van der Waals surface area contributed by atoms with Crippen molar-refractivity contribution in [3.63, 3.8) is 0 Å². The van der Waals surface area contributed by atoms with Crippen LogP contribution in [0.25, 0.3) is 10.9 Å². The Hall–Kier alpha value is -1.66. The quantitative estimate of drug-likeness (QED) is 0.222. The Morgan fingerprint density at radius 3 is 2.07 bits per heavy atom. The third-order valence-corrected chi connectivity index (χ3v) is 17.7. The lowest BCUT2D eigenvalue weighted by Gasteiger charge is -2.40. The zero-order valence-corrected chi connectivity index (χ0v) is 30.9. The van der Waals surface area contributed by atoms with Gasteiger partial charge in [0.05, 0.1) is 11.6 Å². The second kappa shape index (κ2) is 13.5. The zero-order chi connectivity index (χ0) is 32.3. The van der Waals surface area contributed by atoms with Gasteiger partial charge in [-0.25, -0.2) is 9.36 Å². The largest absolute Gasteiger partial charge is 0.491 e. The second-order valence-corrected chi connectivity index (χ2v) is 25.0. The van der Waals surface area contributed by atoms with Gasteiger partial charge >= 0.3 is 6.09 Å². The van der Waals surface area contributed by atoms with Gasteiger partial charge < -0.3 is 18.3 Å². The molecule has 2 radical (unpaired) electrons. The molecule has 0 aliphatic carbocycles. The molecule has 0 amide bonds. The predicted octanol–water partition coefficient (Wildman–Crippen LogP) is 8.60. The SMILES string of the molecule is [CH]c1cc2cc(OC[C@H](CN(CC)CCO[Si](C)(C)C(C)(C)C)O[Si](C)(C)C(C)(C)C)ccc2n1C(=O)OC(C)(C)C. The first-order valence-corrected chi connectivity index (χ1v) is 21.1. The summed E-state index contributed by atoms with van der Waals surface area (Å²) >= 11 is 0. The molecular formula is C33H58N2O5Si2. The van der Waals surface area contributed by atoms with Crippen LogP contribution in [-0.4, -0.2) is 76.7 Å². The Kier molecular flexibility index (Phi) is 11.8. The summed E-state index contributed by atoms with van der Waals surface area (Å²) in [5, 5.41) is 1.08. The van der Waals surface area contributed by atoms with E-state index in [9.17, 15) is 4.79 Å². The topological polar surface area (TPSA) is 62.2 Å². The van der Waals surface area contributed by atoms with Crippen LogP contribution in [0.2, 0.25) is 36.3 Å². The fraction of sp³-hybridized carbons (Fsp3) is 0.697. The zero-order valence-electron chi connectivity index (χ0n) is 28.9. The highest BCUT2D eigenvalue weighted by molar-refractivity contribution is 6.74. The first kappa shape index (κ1) is 36.5. The van der Waals surface area contributed by atoms with Gasteiger partial charge in [-0.3, -0.25) is 4.90 Å². The Morgan fingerprint density at radius 1 is 0.952 bits per heavy atom. The van der Waals surface area contributed by atoms with E-state index in [1.807, 2.05) is 39.0 Å². The summed E-state index contributed by atoms with van der Waals surface area (Å²) in [4.78, 5) is 15.2. The number of likely N-dealkylation sites (N-methyl/N-ethyl adjacent to an activating group) is 1. The van der Waals surface area contributed by atoms with Crippen LogP contribution in [0.5, 0.6) is 5.75 Å². The lowest BCUT2D eigenvalue weighted by Crippen LogP contribution is -2.49. The summed E-state index contributed by atoms with van der Waals surface area (Å²) in [5.41, 5.74) is 0.391. The first-order valence-electron chi connectivity index (χ1n) is 15.3. The van der Waals surface area contributed by atoms with Gasteiger partial charge in [-0.1, -0.05) is 48.5 Å². The number of hydrogen-bond donors (Lipinski definition) is 0. The lowest BCUT2D eigenvalue weighted by molar-refractivity contribution is 0.0543. The summed E-state index contributed by atoms with van der Waals surface area (Å²) in [5.74, 6) is 0.706. The van der Waals surface area contributed by atoms with E-state index in [1.165, 1.54) is 4.57 Å². The van der Waals surface area contributed by atoms with Crippen LogP contribution >= 0.6 is 0 Å². The van der Waals surface area contributed by atoms with Crippen LogP contribution in [0.4, 0.5) is 4.79 Å². The number of rotatable bonds is 12. The van der Waals surface area contributed by atoms with Crippen molar-refractivity contribution in [2.75, 3.05) is 32.8 Å². The summed E-state index contributed by atoms with van der Waals surface area (Å²) in [6.07, 6.45) is -0.602. The Morgan fingerprint density at radius 2 is 1.55 bits per heavy atom. The molecule has 238 valence electrons. The highest BCUT2D eigenvalue weighted by Gasteiger charge is 2.40. The minimum Gasteiger partial charge on any atom is -0.491 e. The Balaban J connectivity index is 2.21. The molecule has 0 unspecified atom stereocenters. The standard InChI is InChI=1S/C33H58N2O5Si2/c1-16-34(19-20-38-41(12,13)32(6,7)8)23-28(40-42(14,15)33(9,10)11)24-37-27-17-18-29-26(22-27)21-25(2)35(29)30(36)39-31(3,4)5/h2,17-18,21-22,28H,16,19-20,23-24H2,1,3-15H3/t28-/m0/s1. The number of ether oxygens (including phenoxy) is 2. The number of carbonyl (C=O) groups excluding carboxylic acids is 1. The minimum atomic E-state index is -2.05. The summed E-state index contributed by atoms with van der Waals surface area (Å²) in [6.45, 7) is 40.3. The number of benzene rings is 1. The number of carbonyl (C=O) groups is 1. The summed E-state index contributed by atoms with van der Waals surface area (Å²) < 4.78 is 26.7. The Labute approximate surface area is 258 Å². The van der Waals surface area contributed by atoms with Gasteiger partial charge in [0, 0.05) is 37.7 Å². The van der Waals surface area contributed by atoms with Gasteiger partial charge in [0.2, 0.25) is 0 Å². The molecule has 0 saturated carbocycles. The molecule has 9 heteroatoms. The molecule has 1 aromatic heterocycles. The fourth-order valence-corrected chi connectivity index (χ4v) is 6.40. The minimum absolute atomic E-state index is 0.0781. The van der Waals surface area contributed by atoms with Crippen molar-refractivity contribution in [2.45, 2.75) is 117 Å². The van der Waals surface area contributed by atoms with Crippen LogP contribution < -0.4 is 4.74 Å². The number of fused-ring (bicyclic) bond motifs is 1. The molecule has 1 atom stereocenters. The molecule has 0 aliphatic rings. The highest BCUT2D eigenvalue weighted by atomic mass is 28.4. The van der Waals surface area contributed by atoms with Gasteiger partial charge in [-0.05, 0) is 87.8 Å². The van der Waals surface area contributed by atoms with E-state index < -0.39 is 28.3 Å². The maximum atomic E-state index is 12.8. The molecule has 0 saturated heterocycles. The first-order chi connectivity index (χ1) is 19.0. The van der Waals surface area contributed by atoms with Crippen LogP contribution in [0.3, 0.4) is 0 Å². The fourth-order valence-electron chi connectivity index (χ4n) is 4.04. The van der Waals surface area contributed by atoms with Crippen molar-refractivity contribution in [3.8, 4) is 5.75 Å². The van der Waals surface area contributed by atoms with Crippen molar-refractivity contribution in [1.82, 2.24) is 9.47 Å². The van der Waals surface area contributed by atoms with Crippen LogP contribution in [0, 0.1) is 6.92 Å². The van der Waals surface area contributed by atoms with Crippen molar-refractivity contribution >= 4 is 33.6 Å². The third-order valence-electron chi connectivity index (χ3n) is 8.67. The van der Waals surface area contributed by atoms with E-state index in [2.05, 4.69) is 79.6 Å². The lowest BCUT2D eigenvalue weighted by atomic mass is 10.2. The van der Waals surface area contributed by atoms with Gasteiger partial charge in [0.15, 0.2) is 16.6 Å². The third kappa shape index (κ3) is 9.94. The monoisotopic (exact) mass is 618 g/mol. The van der Waals surface area contributed by atoms with Gasteiger partial charge in [0.25, 0.3) is 0 Å². The molecule has 0 spiro atoms. The van der Waals surface area contributed by atoms with E-state index in [1.54, 1.807) is 6.07 Å². The number of aromatic nitrogens is 1. The van der Waals surface area contributed by atoms with Crippen LogP contribution in [-0.2, 0) is 13.6 Å². The van der Waals surface area contributed by atoms with Crippen molar-refractivity contribution < 1.29 is 23.1 Å². The molecule has 2 aromatic rings. The Bertz CT molecular complexity index is 1190. The highest BCUT2D eigenvalue weighted by Crippen LogP contribution is 2.38. The number of hydrogen-bond acceptors (Lipinski definition) is 6. The van der Waals surface area contributed by atoms with E-state index in [0.29, 0.717) is 30.2 Å². The van der Waals surface area contributed by atoms with E-state index in [0.717, 1.165) is 25.0 Å². The molecule has 0 bridgehead atoms. The van der Waals surface area contributed by atoms with Gasteiger partial charge in [-0.2, -0.15) is 0 Å². The van der Waals surface area contributed by atoms with Crippen molar-refractivity contribution in [3.05, 3.63) is 36.9 Å². The smallest absolute Gasteiger partial charge is 0.419 e. The second-order valence-electron chi connectivity index (χ2n) is 15.4. The molecule has 42 heavy (non-hydrogen) atoms. The van der Waals surface area contributed by atoms with E-state index >= 15 is 0 Å². The summed E-state index contributed by atoms with van der Waals surface area (Å²) in [7, 11) is -3.86. The maximum Gasteiger partial charge on any atom is 0.419 e. The molecule has 1 aromatic carbocycles. The average molecular weight is 619 g/mol. The predicted molar refractivity (Wildman–Crippen MR) is 180 cm³/mol. The molecule has 1 heterocycles. The summed E-state index contributed by atoms with van der Waals surface area (Å²) in [6, 6.07) is 7.42. The molecule has 0 fully saturated rings. The van der Waals surface area contributed by atoms with Gasteiger partial charge in [-0.15, -0.1) is 0 Å².